The first-order valence-electron chi connectivity index (χ1n) is 8.65. The topological polar surface area (TPSA) is 44.4 Å². The largest absolute Gasteiger partial charge is 0.336 e. The minimum Gasteiger partial charge on any atom is -0.336 e. The zero-order chi connectivity index (χ0) is 16.2. The van der Waals surface area contributed by atoms with Crippen LogP contribution in [0.5, 0.6) is 0 Å². The van der Waals surface area contributed by atoms with E-state index < -0.39 is 0 Å². The number of nitrogens with one attached hydrogen (secondary N) is 2. The number of carbonyl (C=O) groups excluding carboxylic acids is 1. The highest BCUT2D eigenvalue weighted by Gasteiger charge is 2.26. The normalized spacial score (nSPS) is 21.0. The number of urea groups is 1. The van der Waals surface area contributed by atoms with Gasteiger partial charge in [0.05, 0.1) is 6.04 Å². The molecule has 0 bridgehead atoms. The lowest BCUT2D eigenvalue weighted by atomic mass is 9.95. The van der Waals surface area contributed by atoms with Crippen LogP contribution < -0.4 is 10.6 Å². The maximum atomic E-state index is 12.0. The molecule has 1 aromatic rings. The molecule has 0 radical (unpaired) electrons. The first-order chi connectivity index (χ1) is 11.1. The number of hydrogen-bond donors (Lipinski definition) is 2. The van der Waals surface area contributed by atoms with Crippen LogP contribution in [0.4, 0.5) is 4.79 Å². The van der Waals surface area contributed by atoms with Gasteiger partial charge in [-0.15, -0.1) is 0 Å². The second-order valence-corrected chi connectivity index (χ2v) is 7.35. The summed E-state index contributed by atoms with van der Waals surface area (Å²) < 4.78 is 0. The molecule has 1 heterocycles. The molecule has 2 fully saturated rings. The molecule has 126 valence electrons. The molecule has 23 heavy (non-hydrogen) atoms. The maximum absolute atomic E-state index is 12.0. The van der Waals surface area contributed by atoms with E-state index in [1.54, 1.807) is 0 Å². The molecular formula is C18H26ClN3O. The van der Waals surface area contributed by atoms with Gasteiger partial charge in [0.2, 0.25) is 0 Å². The zero-order valence-corrected chi connectivity index (χ0v) is 14.5. The van der Waals surface area contributed by atoms with Crippen molar-refractivity contribution < 1.29 is 4.79 Å². The first kappa shape index (κ1) is 16.6. The van der Waals surface area contributed by atoms with E-state index in [4.69, 9.17) is 11.6 Å². The van der Waals surface area contributed by atoms with Gasteiger partial charge in [0, 0.05) is 17.6 Å². The predicted octanol–water partition coefficient (Wildman–Crippen LogP) is 3.57. The van der Waals surface area contributed by atoms with E-state index >= 15 is 0 Å². The highest BCUT2D eigenvalue weighted by Crippen LogP contribution is 2.27. The van der Waals surface area contributed by atoms with E-state index in [1.807, 2.05) is 12.1 Å². The molecule has 0 aromatic heterocycles. The Morgan fingerprint density at radius 3 is 2.48 bits per heavy atom. The third-order valence-electron chi connectivity index (χ3n) is 4.88. The second-order valence-electron chi connectivity index (χ2n) is 6.91. The van der Waals surface area contributed by atoms with Crippen molar-refractivity contribution in [2.45, 2.75) is 44.7 Å². The summed E-state index contributed by atoms with van der Waals surface area (Å²) in [6.07, 6.45) is 4.66. The van der Waals surface area contributed by atoms with Crippen LogP contribution in [0.2, 0.25) is 5.02 Å². The molecule has 5 heteroatoms. The average Bonchev–Trinajstić information content (AvgIpc) is 3.35. The van der Waals surface area contributed by atoms with Gasteiger partial charge in [-0.05, 0) is 62.4 Å². The van der Waals surface area contributed by atoms with Crippen molar-refractivity contribution in [3.8, 4) is 0 Å². The molecule has 2 aliphatic rings. The monoisotopic (exact) mass is 335 g/mol. The molecule has 1 atom stereocenters. The Hall–Kier alpha value is -1.26. The zero-order valence-electron chi connectivity index (χ0n) is 13.7. The number of hydrogen-bond acceptors (Lipinski definition) is 2. The summed E-state index contributed by atoms with van der Waals surface area (Å²) in [6, 6.07) is 8.57. The number of nitrogens with zero attached hydrogens (tertiary/aromatic N) is 1. The number of likely N-dealkylation sites (tertiary alicyclic amines) is 1. The lowest BCUT2D eigenvalue weighted by Crippen LogP contribution is -2.44. The van der Waals surface area contributed by atoms with Gasteiger partial charge in [-0.3, -0.25) is 4.90 Å². The molecule has 4 nitrogen and oxygen atoms in total. The fourth-order valence-corrected chi connectivity index (χ4v) is 3.26. The SMILES string of the molecule is CC1CCN(C(CNC(=O)NC2CC2)c2ccc(Cl)cc2)CC1. The summed E-state index contributed by atoms with van der Waals surface area (Å²) >= 11 is 6.02. The Labute approximate surface area is 143 Å². The Balaban J connectivity index is 1.64. The van der Waals surface area contributed by atoms with Crippen molar-refractivity contribution >= 4 is 17.6 Å². The summed E-state index contributed by atoms with van der Waals surface area (Å²) in [7, 11) is 0. The van der Waals surface area contributed by atoms with Gasteiger partial charge in [0.15, 0.2) is 0 Å². The minimum absolute atomic E-state index is 0.0446. The van der Waals surface area contributed by atoms with E-state index in [2.05, 4.69) is 34.6 Å². The number of benzene rings is 1. The van der Waals surface area contributed by atoms with E-state index in [0.29, 0.717) is 12.6 Å². The number of amides is 2. The van der Waals surface area contributed by atoms with Crippen LogP contribution in [-0.2, 0) is 0 Å². The molecule has 1 aliphatic heterocycles. The highest BCUT2D eigenvalue weighted by molar-refractivity contribution is 6.30. The van der Waals surface area contributed by atoms with Gasteiger partial charge in [-0.25, -0.2) is 4.79 Å². The summed E-state index contributed by atoms with van der Waals surface area (Å²) in [5.41, 5.74) is 1.22. The number of carbonyl (C=O) groups is 1. The Kier molecular flexibility index (Phi) is 5.44. The summed E-state index contributed by atoms with van der Waals surface area (Å²) in [6.45, 7) is 5.12. The molecule has 1 aromatic carbocycles. The van der Waals surface area contributed by atoms with Gasteiger partial charge in [0.25, 0.3) is 0 Å². The Morgan fingerprint density at radius 1 is 1.22 bits per heavy atom. The lowest BCUT2D eigenvalue weighted by molar-refractivity contribution is 0.136. The van der Waals surface area contributed by atoms with Gasteiger partial charge >= 0.3 is 6.03 Å². The van der Waals surface area contributed by atoms with Gasteiger partial charge in [-0.2, -0.15) is 0 Å². The van der Waals surface area contributed by atoms with Crippen LogP contribution in [0.15, 0.2) is 24.3 Å². The number of piperidine rings is 1. The molecule has 1 unspecified atom stereocenters. The highest BCUT2D eigenvalue weighted by atomic mass is 35.5. The molecular weight excluding hydrogens is 310 g/mol. The molecule has 0 spiro atoms. The van der Waals surface area contributed by atoms with Gasteiger partial charge < -0.3 is 10.6 Å². The Morgan fingerprint density at radius 2 is 1.87 bits per heavy atom. The standard InChI is InChI=1S/C18H26ClN3O/c1-13-8-10-22(11-9-13)17(14-2-4-15(19)5-3-14)12-20-18(23)21-16-6-7-16/h2-5,13,16-17H,6-12H2,1H3,(H2,20,21,23). The van der Waals surface area contributed by atoms with Crippen molar-refractivity contribution in [1.29, 1.82) is 0 Å². The fourth-order valence-electron chi connectivity index (χ4n) is 3.14. The second kappa shape index (κ2) is 7.54. The molecule has 1 aliphatic carbocycles. The lowest BCUT2D eigenvalue weighted by Gasteiger charge is -2.37. The van der Waals surface area contributed by atoms with E-state index in [9.17, 15) is 4.79 Å². The van der Waals surface area contributed by atoms with Crippen molar-refractivity contribution in [1.82, 2.24) is 15.5 Å². The third kappa shape index (κ3) is 4.85. The maximum Gasteiger partial charge on any atom is 0.315 e. The van der Waals surface area contributed by atoms with E-state index in [1.165, 1.54) is 18.4 Å². The molecule has 1 saturated carbocycles. The van der Waals surface area contributed by atoms with E-state index in [-0.39, 0.29) is 12.1 Å². The van der Waals surface area contributed by atoms with Crippen molar-refractivity contribution in [3.63, 3.8) is 0 Å². The van der Waals surface area contributed by atoms with E-state index in [0.717, 1.165) is 36.9 Å². The minimum atomic E-state index is -0.0446. The fraction of sp³-hybridized carbons (Fsp3) is 0.611. The third-order valence-corrected chi connectivity index (χ3v) is 5.13. The van der Waals surface area contributed by atoms with Crippen LogP contribution in [0.25, 0.3) is 0 Å². The van der Waals surface area contributed by atoms with Crippen LogP contribution in [0.1, 0.15) is 44.2 Å². The Bertz CT molecular complexity index is 522. The van der Waals surface area contributed by atoms with Crippen LogP contribution in [0.3, 0.4) is 0 Å². The van der Waals surface area contributed by atoms with Crippen molar-refractivity contribution in [2.75, 3.05) is 19.6 Å². The quantitative estimate of drug-likeness (QED) is 0.864. The number of rotatable bonds is 5. The summed E-state index contributed by atoms with van der Waals surface area (Å²) in [4.78, 5) is 14.4. The molecule has 2 amide bonds. The number of halogens is 1. The molecule has 2 N–H and O–H groups in total. The predicted molar refractivity (Wildman–Crippen MR) is 93.7 cm³/mol. The average molecular weight is 336 g/mol. The van der Waals surface area contributed by atoms with Gasteiger partial charge in [-0.1, -0.05) is 30.7 Å². The van der Waals surface area contributed by atoms with Gasteiger partial charge in [0.1, 0.15) is 0 Å². The van der Waals surface area contributed by atoms with Crippen LogP contribution >= 0.6 is 11.6 Å². The van der Waals surface area contributed by atoms with Crippen molar-refractivity contribution in [3.05, 3.63) is 34.9 Å². The summed E-state index contributed by atoms with van der Waals surface area (Å²) in [5.74, 6) is 0.795. The van der Waals surface area contributed by atoms with Crippen LogP contribution in [0, 0.1) is 5.92 Å². The first-order valence-corrected chi connectivity index (χ1v) is 9.03. The van der Waals surface area contributed by atoms with Crippen LogP contribution in [-0.4, -0.2) is 36.6 Å². The molecule has 3 rings (SSSR count). The van der Waals surface area contributed by atoms with Crippen molar-refractivity contribution in [2.24, 2.45) is 5.92 Å². The summed E-state index contributed by atoms with van der Waals surface area (Å²) in [5, 5.41) is 6.79. The molecule has 1 saturated heterocycles. The smallest absolute Gasteiger partial charge is 0.315 e.